The first-order valence-corrected chi connectivity index (χ1v) is 5.82. The van der Waals surface area contributed by atoms with Crippen LogP contribution in [-0.4, -0.2) is 11.5 Å². The standard InChI is InChI=1S/C14H18N2/c1-2-6-13(7-3-1)8-4-10-15-12-14-9-5-11-16-14/h1-3,5-7,9,11,15-16H,4,8,10,12H2. The van der Waals surface area contributed by atoms with Crippen LogP contribution in [0.25, 0.3) is 0 Å². The summed E-state index contributed by atoms with van der Waals surface area (Å²) in [4.78, 5) is 3.18. The molecule has 0 aliphatic rings. The highest BCUT2D eigenvalue weighted by Crippen LogP contribution is 2.01. The first-order valence-electron chi connectivity index (χ1n) is 5.82. The van der Waals surface area contributed by atoms with E-state index in [1.165, 1.54) is 17.7 Å². The zero-order valence-corrected chi connectivity index (χ0v) is 9.45. The number of nitrogens with one attached hydrogen (secondary N) is 2. The normalized spacial score (nSPS) is 10.5. The Balaban J connectivity index is 1.59. The lowest BCUT2D eigenvalue weighted by Crippen LogP contribution is -2.15. The second kappa shape index (κ2) is 6.13. The number of aromatic amines is 1. The van der Waals surface area contributed by atoms with Gasteiger partial charge in [0.1, 0.15) is 0 Å². The average Bonchev–Trinajstić information content (AvgIpc) is 2.83. The number of benzene rings is 1. The molecule has 16 heavy (non-hydrogen) atoms. The van der Waals surface area contributed by atoms with Crippen molar-refractivity contribution in [3.8, 4) is 0 Å². The van der Waals surface area contributed by atoms with E-state index in [1.54, 1.807) is 0 Å². The van der Waals surface area contributed by atoms with E-state index in [0.717, 1.165) is 19.5 Å². The summed E-state index contributed by atoms with van der Waals surface area (Å²) in [6, 6.07) is 14.8. The molecule has 0 fully saturated rings. The van der Waals surface area contributed by atoms with Gasteiger partial charge in [-0.1, -0.05) is 30.3 Å². The molecule has 2 nitrogen and oxygen atoms in total. The van der Waals surface area contributed by atoms with Gasteiger partial charge in [0.25, 0.3) is 0 Å². The number of hydrogen-bond donors (Lipinski definition) is 2. The van der Waals surface area contributed by atoms with Crippen LogP contribution in [0.4, 0.5) is 0 Å². The Morgan fingerprint density at radius 3 is 2.62 bits per heavy atom. The first-order chi connectivity index (χ1) is 7.95. The van der Waals surface area contributed by atoms with Gasteiger partial charge in [0.05, 0.1) is 0 Å². The molecule has 1 aromatic heterocycles. The highest BCUT2D eigenvalue weighted by molar-refractivity contribution is 5.14. The lowest BCUT2D eigenvalue weighted by atomic mass is 10.1. The number of H-pyrrole nitrogens is 1. The molecule has 2 aromatic rings. The molecule has 2 heteroatoms. The van der Waals surface area contributed by atoms with Gasteiger partial charge in [0.15, 0.2) is 0 Å². The van der Waals surface area contributed by atoms with E-state index >= 15 is 0 Å². The third-order valence-electron chi connectivity index (χ3n) is 2.64. The number of aromatic nitrogens is 1. The highest BCUT2D eigenvalue weighted by Gasteiger charge is 1.93. The van der Waals surface area contributed by atoms with Gasteiger partial charge in [-0.15, -0.1) is 0 Å². The molecule has 0 saturated heterocycles. The molecule has 1 aromatic carbocycles. The third kappa shape index (κ3) is 3.55. The van der Waals surface area contributed by atoms with E-state index in [9.17, 15) is 0 Å². The van der Waals surface area contributed by atoms with Gasteiger partial charge < -0.3 is 10.3 Å². The Morgan fingerprint density at radius 2 is 1.88 bits per heavy atom. The van der Waals surface area contributed by atoms with Crippen molar-refractivity contribution in [1.29, 1.82) is 0 Å². The van der Waals surface area contributed by atoms with Crippen LogP contribution in [0, 0.1) is 0 Å². The van der Waals surface area contributed by atoms with Crippen LogP contribution in [0.5, 0.6) is 0 Å². The topological polar surface area (TPSA) is 27.8 Å². The SMILES string of the molecule is c1ccc(CCCNCc2ccc[nH]2)cc1. The monoisotopic (exact) mass is 214 g/mol. The van der Waals surface area contributed by atoms with E-state index in [2.05, 4.69) is 46.7 Å². The molecule has 0 radical (unpaired) electrons. The molecule has 0 aliphatic carbocycles. The van der Waals surface area contributed by atoms with Gasteiger partial charge >= 0.3 is 0 Å². The summed E-state index contributed by atoms with van der Waals surface area (Å²) in [5, 5.41) is 3.43. The first kappa shape index (κ1) is 11.0. The smallest absolute Gasteiger partial charge is 0.0357 e. The predicted octanol–water partition coefficient (Wildman–Crippen LogP) is 2.74. The van der Waals surface area contributed by atoms with E-state index in [-0.39, 0.29) is 0 Å². The maximum atomic E-state index is 3.43. The zero-order valence-electron chi connectivity index (χ0n) is 9.45. The van der Waals surface area contributed by atoms with Gasteiger partial charge in [-0.3, -0.25) is 0 Å². The third-order valence-corrected chi connectivity index (χ3v) is 2.64. The second-order valence-corrected chi connectivity index (χ2v) is 3.96. The Hall–Kier alpha value is -1.54. The molecule has 2 N–H and O–H groups in total. The summed E-state index contributed by atoms with van der Waals surface area (Å²) in [6.45, 7) is 2.00. The van der Waals surface area contributed by atoms with Gasteiger partial charge in [-0.05, 0) is 37.1 Å². The summed E-state index contributed by atoms with van der Waals surface area (Å²) in [7, 11) is 0. The fourth-order valence-electron chi connectivity index (χ4n) is 1.76. The minimum atomic E-state index is 0.932. The minimum Gasteiger partial charge on any atom is -0.364 e. The van der Waals surface area contributed by atoms with Crippen LogP contribution in [0.1, 0.15) is 17.7 Å². The van der Waals surface area contributed by atoms with Crippen molar-refractivity contribution in [1.82, 2.24) is 10.3 Å². The Bertz CT molecular complexity index is 378. The average molecular weight is 214 g/mol. The van der Waals surface area contributed by atoms with Crippen LogP contribution in [0.2, 0.25) is 0 Å². The van der Waals surface area contributed by atoms with E-state index in [4.69, 9.17) is 0 Å². The molecule has 2 rings (SSSR count). The molecule has 0 unspecified atom stereocenters. The molecule has 0 atom stereocenters. The molecular formula is C14H18N2. The molecule has 0 aliphatic heterocycles. The molecule has 0 bridgehead atoms. The summed E-state index contributed by atoms with van der Waals surface area (Å²) < 4.78 is 0. The number of hydrogen-bond acceptors (Lipinski definition) is 1. The van der Waals surface area contributed by atoms with E-state index in [1.807, 2.05) is 12.3 Å². The number of aryl methyl sites for hydroxylation is 1. The van der Waals surface area contributed by atoms with E-state index in [0.29, 0.717) is 0 Å². The Labute approximate surface area is 96.7 Å². The van der Waals surface area contributed by atoms with Crippen molar-refractivity contribution < 1.29 is 0 Å². The summed E-state index contributed by atoms with van der Waals surface area (Å²) >= 11 is 0. The van der Waals surface area contributed by atoms with E-state index < -0.39 is 0 Å². The molecule has 1 heterocycles. The molecular weight excluding hydrogens is 196 g/mol. The second-order valence-electron chi connectivity index (χ2n) is 3.96. The zero-order chi connectivity index (χ0) is 11.1. The fraction of sp³-hybridized carbons (Fsp3) is 0.286. The molecule has 0 amide bonds. The summed E-state index contributed by atoms with van der Waals surface area (Å²) in [5.41, 5.74) is 2.67. The number of rotatable bonds is 6. The van der Waals surface area contributed by atoms with Gasteiger partial charge in [0, 0.05) is 18.4 Å². The fourth-order valence-corrected chi connectivity index (χ4v) is 1.76. The van der Waals surface area contributed by atoms with Crippen LogP contribution in [-0.2, 0) is 13.0 Å². The van der Waals surface area contributed by atoms with Crippen LogP contribution >= 0.6 is 0 Å². The van der Waals surface area contributed by atoms with Crippen LogP contribution in [0.15, 0.2) is 48.7 Å². The summed E-state index contributed by atoms with van der Waals surface area (Å²) in [5.74, 6) is 0. The van der Waals surface area contributed by atoms with Crippen molar-refractivity contribution in [2.24, 2.45) is 0 Å². The van der Waals surface area contributed by atoms with Crippen LogP contribution < -0.4 is 5.32 Å². The Morgan fingerprint density at radius 1 is 1.00 bits per heavy atom. The lowest BCUT2D eigenvalue weighted by molar-refractivity contribution is 0.642. The van der Waals surface area contributed by atoms with Gasteiger partial charge in [-0.25, -0.2) is 0 Å². The predicted molar refractivity (Wildman–Crippen MR) is 67.3 cm³/mol. The maximum Gasteiger partial charge on any atom is 0.0357 e. The van der Waals surface area contributed by atoms with Crippen LogP contribution in [0.3, 0.4) is 0 Å². The molecule has 84 valence electrons. The maximum absolute atomic E-state index is 3.43. The minimum absolute atomic E-state index is 0.932. The van der Waals surface area contributed by atoms with Crippen molar-refractivity contribution in [3.05, 3.63) is 59.9 Å². The highest BCUT2D eigenvalue weighted by atomic mass is 14.9. The molecule has 0 spiro atoms. The van der Waals surface area contributed by atoms with Crippen molar-refractivity contribution in [2.45, 2.75) is 19.4 Å². The van der Waals surface area contributed by atoms with Crippen molar-refractivity contribution in [3.63, 3.8) is 0 Å². The summed E-state index contributed by atoms with van der Waals surface area (Å²) in [6.07, 6.45) is 4.30. The van der Waals surface area contributed by atoms with Gasteiger partial charge in [0.2, 0.25) is 0 Å². The quantitative estimate of drug-likeness (QED) is 0.711. The molecule has 0 saturated carbocycles. The largest absolute Gasteiger partial charge is 0.364 e. The Kier molecular flexibility index (Phi) is 4.20. The van der Waals surface area contributed by atoms with Crippen molar-refractivity contribution in [2.75, 3.05) is 6.54 Å². The van der Waals surface area contributed by atoms with Gasteiger partial charge in [-0.2, -0.15) is 0 Å². The lowest BCUT2D eigenvalue weighted by Gasteiger charge is -2.03. The van der Waals surface area contributed by atoms with Crippen molar-refractivity contribution >= 4 is 0 Å².